The average molecular weight is 373 g/mol. The lowest BCUT2D eigenvalue weighted by molar-refractivity contribution is -0.141. The highest BCUT2D eigenvalue weighted by Gasteiger charge is 2.13. The fourth-order valence-corrected chi connectivity index (χ4v) is 1.99. The van der Waals surface area contributed by atoms with Crippen molar-refractivity contribution in [3.8, 4) is 11.5 Å². The van der Waals surface area contributed by atoms with Crippen LogP contribution < -0.4 is 4.74 Å². The van der Waals surface area contributed by atoms with Crippen LogP contribution in [0.25, 0.3) is 0 Å². The SMILES string of the molecule is CC(=O)OCCN(C)C.CC(C(=O)O)c1cccc(Oc2ccccc2)c1. The fourth-order valence-electron chi connectivity index (χ4n) is 1.99. The summed E-state index contributed by atoms with van der Waals surface area (Å²) in [5.74, 6) is -0.211. The van der Waals surface area contributed by atoms with Crippen molar-refractivity contribution in [1.82, 2.24) is 4.90 Å². The van der Waals surface area contributed by atoms with E-state index in [0.29, 0.717) is 12.4 Å². The minimum absolute atomic E-state index is 0.211. The molecular weight excluding hydrogens is 346 g/mol. The number of hydrogen-bond donors (Lipinski definition) is 1. The summed E-state index contributed by atoms with van der Waals surface area (Å²) < 4.78 is 10.3. The highest BCUT2D eigenvalue weighted by molar-refractivity contribution is 5.75. The first kappa shape index (κ1) is 22.2. The lowest BCUT2D eigenvalue weighted by atomic mass is 10.0. The molecule has 0 saturated heterocycles. The van der Waals surface area contributed by atoms with E-state index in [4.69, 9.17) is 9.84 Å². The first-order chi connectivity index (χ1) is 12.8. The summed E-state index contributed by atoms with van der Waals surface area (Å²) >= 11 is 0. The van der Waals surface area contributed by atoms with Gasteiger partial charge in [-0.2, -0.15) is 0 Å². The number of carbonyl (C=O) groups excluding carboxylic acids is 1. The van der Waals surface area contributed by atoms with Crippen molar-refractivity contribution in [2.75, 3.05) is 27.2 Å². The van der Waals surface area contributed by atoms with Gasteiger partial charge in [-0.15, -0.1) is 0 Å². The van der Waals surface area contributed by atoms with E-state index in [0.717, 1.165) is 17.9 Å². The Balaban J connectivity index is 0.000000345. The smallest absolute Gasteiger partial charge is 0.310 e. The molecule has 0 aliphatic heterocycles. The monoisotopic (exact) mass is 373 g/mol. The van der Waals surface area contributed by atoms with E-state index in [-0.39, 0.29) is 5.97 Å². The second kappa shape index (κ2) is 11.7. The van der Waals surface area contributed by atoms with Crippen LogP contribution in [0, 0.1) is 0 Å². The summed E-state index contributed by atoms with van der Waals surface area (Å²) in [7, 11) is 3.87. The molecule has 146 valence electrons. The van der Waals surface area contributed by atoms with Crippen LogP contribution in [0.2, 0.25) is 0 Å². The van der Waals surface area contributed by atoms with E-state index >= 15 is 0 Å². The summed E-state index contributed by atoms with van der Waals surface area (Å²) in [4.78, 5) is 23.1. The topological polar surface area (TPSA) is 76.1 Å². The molecule has 0 aliphatic rings. The van der Waals surface area contributed by atoms with Crippen LogP contribution in [0.15, 0.2) is 54.6 Å². The van der Waals surface area contributed by atoms with Crippen molar-refractivity contribution in [3.05, 3.63) is 60.2 Å². The molecule has 0 bridgehead atoms. The predicted octanol–water partition coefficient (Wildman–Crippen LogP) is 3.78. The Kier molecular flexibility index (Phi) is 9.61. The first-order valence-electron chi connectivity index (χ1n) is 8.63. The molecule has 6 heteroatoms. The number of carboxylic acid groups (broad SMARTS) is 1. The third-order valence-corrected chi connectivity index (χ3v) is 3.55. The van der Waals surface area contributed by atoms with Crippen molar-refractivity contribution >= 4 is 11.9 Å². The summed E-state index contributed by atoms with van der Waals surface area (Å²) in [6.45, 7) is 4.35. The van der Waals surface area contributed by atoms with E-state index < -0.39 is 11.9 Å². The summed E-state index contributed by atoms with van der Waals surface area (Å²) in [5.41, 5.74) is 0.732. The van der Waals surface area contributed by atoms with Crippen LogP contribution >= 0.6 is 0 Å². The molecule has 0 heterocycles. The van der Waals surface area contributed by atoms with E-state index in [1.54, 1.807) is 25.1 Å². The van der Waals surface area contributed by atoms with Crippen LogP contribution in [0.5, 0.6) is 11.5 Å². The number of para-hydroxylation sites is 1. The number of aliphatic carboxylic acids is 1. The van der Waals surface area contributed by atoms with Crippen molar-refractivity contribution < 1.29 is 24.2 Å². The minimum atomic E-state index is -0.841. The third kappa shape index (κ3) is 9.42. The maximum absolute atomic E-state index is 10.9. The number of likely N-dealkylation sites (N-methyl/N-ethyl adjacent to an activating group) is 1. The average Bonchev–Trinajstić information content (AvgIpc) is 2.62. The lowest BCUT2D eigenvalue weighted by Crippen LogP contribution is -2.19. The lowest BCUT2D eigenvalue weighted by Gasteiger charge is -2.10. The van der Waals surface area contributed by atoms with Crippen molar-refractivity contribution in [2.24, 2.45) is 0 Å². The van der Waals surface area contributed by atoms with Crippen LogP contribution in [0.3, 0.4) is 0 Å². The summed E-state index contributed by atoms with van der Waals surface area (Å²) in [6.07, 6.45) is 0. The van der Waals surface area contributed by atoms with Gasteiger partial charge in [-0.3, -0.25) is 9.59 Å². The quantitative estimate of drug-likeness (QED) is 0.745. The van der Waals surface area contributed by atoms with Gasteiger partial charge in [0.25, 0.3) is 0 Å². The van der Waals surface area contributed by atoms with E-state index in [9.17, 15) is 9.59 Å². The maximum atomic E-state index is 10.9. The zero-order chi connectivity index (χ0) is 20.2. The first-order valence-corrected chi connectivity index (χ1v) is 8.63. The van der Waals surface area contributed by atoms with Crippen LogP contribution in [-0.2, 0) is 14.3 Å². The molecule has 1 unspecified atom stereocenters. The van der Waals surface area contributed by atoms with Gasteiger partial charge >= 0.3 is 11.9 Å². The number of hydrogen-bond acceptors (Lipinski definition) is 5. The van der Waals surface area contributed by atoms with Gasteiger partial charge in [0.1, 0.15) is 18.1 Å². The van der Waals surface area contributed by atoms with Crippen molar-refractivity contribution in [2.45, 2.75) is 19.8 Å². The van der Waals surface area contributed by atoms with Gasteiger partial charge in [0.15, 0.2) is 0 Å². The fraction of sp³-hybridized carbons (Fsp3) is 0.333. The Hall–Kier alpha value is -2.86. The van der Waals surface area contributed by atoms with E-state index in [1.165, 1.54) is 6.92 Å². The summed E-state index contributed by atoms with van der Waals surface area (Å²) in [5, 5.41) is 8.98. The third-order valence-electron chi connectivity index (χ3n) is 3.55. The largest absolute Gasteiger partial charge is 0.481 e. The molecule has 1 atom stereocenters. The number of rotatable bonds is 7. The molecule has 0 amide bonds. The zero-order valence-electron chi connectivity index (χ0n) is 16.2. The highest BCUT2D eigenvalue weighted by Crippen LogP contribution is 2.25. The Bertz CT molecular complexity index is 716. The second-order valence-corrected chi connectivity index (χ2v) is 6.19. The zero-order valence-corrected chi connectivity index (χ0v) is 16.2. The normalized spacial score (nSPS) is 11.1. The second-order valence-electron chi connectivity index (χ2n) is 6.19. The minimum Gasteiger partial charge on any atom is -0.481 e. The molecule has 0 spiro atoms. The van der Waals surface area contributed by atoms with Crippen LogP contribution in [0.4, 0.5) is 0 Å². The molecule has 2 rings (SSSR count). The number of carboxylic acids is 1. The standard InChI is InChI=1S/C15H14O3.C6H13NO2/c1-11(15(16)17)12-6-5-9-14(10-12)18-13-7-3-2-4-8-13;1-6(8)9-5-4-7(2)3/h2-11H,1H3,(H,16,17);4-5H2,1-3H3. The number of benzene rings is 2. The highest BCUT2D eigenvalue weighted by atomic mass is 16.5. The molecule has 0 saturated carbocycles. The van der Waals surface area contributed by atoms with Crippen LogP contribution in [0.1, 0.15) is 25.3 Å². The molecule has 2 aromatic carbocycles. The van der Waals surface area contributed by atoms with E-state index in [1.807, 2.05) is 55.4 Å². The van der Waals surface area contributed by atoms with Crippen molar-refractivity contribution in [3.63, 3.8) is 0 Å². The number of carbonyl (C=O) groups is 2. The molecule has 2 aromatic rings. The van der Waals surface area contributed by atoms with E-state index in [2.05, 4.69) is 4.74 Å². The Morgan fingerprint density at radius 2 is 1.67 bits per heavy atom. The number of ether oxygens (including phenoxy) is 2. The maximum Gasteiger partial charge on any atom is 0.310 e. The van der Waals surface area contributed by atoms with Gasteiger partial charge in [-0.05, 0) is 50.8 Å². The molecule has 27 heavy (non-hydrogen) atoms. The molecule has 1 N–H and O–H groups in total. The van der Waals surface area contributed by atoms with Gasteiger partial charge in [0, 0.05) is 13.5 Å². The van der Waals surface area contributed by atoms with Gasteiger partial charge in [0.05, 0.1) is 5.92 Å². The molecular formula is C21H27NO5. The number of nitrogens with zero attached hydrogens (tertiary/aromatic N) is 1. The molecule has 0 radical (unpaired) electrons. The van der Waals surface area contributed by atoms with Crippen molar-refractivity contribution in [1.29, 1.82) is 0 Å². The number of esters is 1. The predicted molar refractivity (Wildman–Crippen MR) is 104 cm³/mol. The molecule has 0 fully saturated rings. The van der Waals surface area contributed by atoms with Gasteiger partial charge < -0.3 is 19.5 Å². The Morgan fingerprint density at radius 3 is 2.22 bits per heavy atom. The van der Waals surface area contributed by atoms with Gasteiger partial charge in [0.2, 0.25) is 0 Å². The summed E-state index contributed by atoms with van der Waals surface area (Å²) in [6, 6.07) is 16.6. The van der Waals surface area contributed by atoms with Gasteiger partial charge in [-0.1, -0.05) is 30.3 Å². The van der Waals surface area contributed by atoms with Gasteiger partial charge in [-0.25, -0.2) is 0 Å². The molecule has 0 aliphatic carbocycles. The Labute approximate surface area is 160 Å². The molecule has 6 nitrogen and oxygen atoms in total. The Morgan fingerprint density at radius 1 is 1.04 bits per heavy atom. The molecule has 0 aromatic heterocycles. The van der Waals surface area contributed by atoms with Crippen LogP contribution in [-0.4, -0.2) is 49.2 Å².